The van der Waals surface area contributed by atoms with Gasteiger partial charge in [0.15, 0.2) is 11.4 Å². The van der Waals surface area contributed by atoms with Crippen LogP contribution in [0.2, 0.25) is 0 Å². The van der Waals surface area contributed by atoms with E-state index in [2.05, 4.69) is 15.5 Å². The Morgan fingerprint density at radius 2 is 2.38 bits per heavy atom. The minimum absolute atomic E-state index is 0.459. The van der Waals surface area contributed by atoms with Crippen LogP contribution in [0, 0.1) is 6.92 Å². The molecule has 1 N–H and O–H groups in total. The Balaban J connectivity index is 2.22. The number of nitrogens with zero attached hydrogens (tertiary/aromatic N) is 2. The van der Waals surface area contributed by atoms with Gasteiger partial charge >= 0.3 is 0 Å². The van der Waals surface area contributed by atoms with Crippen LogP contribution in [0.3, 0.4) is 0 Å². The van der Waals surface area contributed by atoms with Crippen LogP contribution in [0.25, 0.3) is 0 Å². The van der Waals surface area contributed by atoms with Gasteiger partial charge in [-0.15, -0.1) is 0 Å². The van der Waals surface area contributed by atoms with E-state index in [4.69, 9.17) is 9.26 Å². The third-order valence-electron chi connectivity index (χ3n) is 2.14. The minimum atomic E-state index is -0.459. The lowest BCUT2D eigenvalue weighted by molar-refractivity contribution is -0.0767. The van der Waals surface area contributed by atoms with Crippen molar-refractivity contribution < 1.29 is 9.26 Å². The van der Waals surface area contributed by atoms with Gasteiger partial charge in [-0.3, -0.25) is 0 Å². The van der Waals surface area contributed by atoms with Crippen molar-refractivity contribution in [3.8, 4) is 0 Å². The molecule has 1 fully saturated rings. The predicted octanol–water partition coefficient (Wildman–Crippen LogP) is 0.213. The van der Waals surface area contributed by atoms with E-state index in [9.17, 15) is 0 Å². The molecular weight excluding hydrogens is 170 g/mol. The fourth-order valence-corrected chi connectivity index (χ4v) is 1.38. The van der Waals surface area contributed by atoms with Crippen LogP contribution in [0.4, 0.5) is 0 Å². The largest absolute Gasteiger partial charge is 0.363 e. The normalized spacial score (nSPS) is 29.1. The first kappa shape index (κ1) is 8.65. The van der Waals surface area contributed by atoms with Crippen LogP contribution in [-0.4, -0.2) is 29.8 Å². The molecule has 1 atom stereocenters. The zero-order valence-corrected chi connectivity index (χ0v) is 7.83. The minimum Gasteiger partial charge on any atom is -0.363 e. The number of nitrogens with one attached hydrogen (secondary N) is 1. The molecule has 5 heteroatoms. The van der Waals surface area contributed by atoms with Crippen molar-refractivity contribution >= 4 is 0 Å². The second kappa shape index (κ2) is 3.08. The van der Waals surface area contributed by atoms with Gasteiger partial charge in [0.1, 0.15) is 0 Å². The summed E-state index contributed by atoms with van der Waals surface area (Å²) in [5.41, 5.74) is -0.459. The Labute approximate surface area is 76.5 Å². The molecule has 5 nitrogen and oxygen atoms in total. The van der Waals surface area contributed by atoms with Gasteiger partial charge in [-0.2, -0.15) is 4.98 Å². The van der Waals surface area contributed by atoms with Crippen LogP contribution in [0.5, 0.6) is 0 Å². The van der Waals surface area contributed by atoms with Gasteiger partial charge in [-0.25, -0.2) is 0 Å². The third-order valence-corrected chi connectivity index (χ3v) is 2.14. The highest BCUT2D eigenvalue weighted by Crippen LogP contribution is 2.24. The maximum atomic E-state index is 5.61. The fourth-order valence-electron chi connectivity index (χ4n) is 1.38. The fraction of sp³-hybridized carbons (Fsp3) is 0.750. The number of ether oxygens (including phenoxy) is 1. The smallest absolute Gasteiger partial charge is 0.259 e. The molecule has 1 aromatic rings. The number of hydrogen-bond donors (Lipinski definition) is 1. The van der Waals surface area contributed by atoms with E-state index < -0.39 is 5.60 Å². The summed E-state index contributed by atoms with van der Waals surface area (Å²) in [6.45, 7) is 6.02. The Bertz CT molecular complexity index is 291. The molecule has 72 valence electrons. The first-order valence-electron chi connectivity index (χ1n) is 4.36. The first-order valence-corrected chi connectivity index (χ1v) is 4.36. The quantitative estimate of drug-likeness (QED) is 0.674. The van der Waals surface area contributed by atoms with Gasteiger partial charge in [0.2, 0.25) is 0 Å². The van der Waals surface area contributed by atoms with Gasteiger partial charge in [0.05, 0.1) is 6.61 Å². The van der Waals surface area contributed by atoms with Gasteiger partial charge in [0, 0.05) is 13.1 Å². The lowest BCUT2D eigenvalue weighted by Gasteiger charge is -2.30. The molecule has 0 bridgehead atoms. The Morgan fingerprint density at radius 1 is 1.54 bits per heavy atom. The highest BCUT2D eigenvalue weighted by atomic mass is 16.5. The average Bonchev–Trinajstić information content (AvgIpc) is 2.54. The van der Waals surface area contributed by atoms with Crippen LogP contribution in [0.15, 0.2) is 4.52 Å². The highest BCUT2D eigenvalue weighted by Gasteiger charge is 2.35. The molecule has 13 heavy (non-hydrogen) atoms. The van der Waals surface area contributed by atoms with E-state index in [1.54, 1.807) is 6.92 Å². The van der Waals surface area contributed by atoms with Crippen molar-refractivity contribution in [3.05, 3.63) is 11.7 Å². The van der Waals surface area contributed by atoms with Crippen LogP contribution in [-0.2, 0) is 10.3 Å². The predicted molar refractivity (Wildman–Crippen MR) is 45.2 cm³/mol. The number of hydrogen-bond acceptors (Lipinski definition) is 5. The molecule has 1 aliphatic rings. The maximum absolute atomic E-state index is 5.61. The number of morpholine rings is 1. The number of aryl methyl sites for hydroxylation is 1. The van der Waals surface area contributed by atoms with E-state index in [0.29, 0.717) is 24.9 Å². The van der Waals surface area contributed by atoms with Gasteiger partial charge in [-0.1, -0.05) is 5.16 Å². The summed E-state index contributed by atoms with van der Waals surface area (Å²) in [4.78, 5) is 4.16. The lowest BCUT2D eigenvalue weighted by atomic mass is 10.1. The van der Waals surface area contributed by atoms with Crippen LogP contribution >= 0.6 is 0 Å². The molecule has 0 radical (unpaired) electrons. The first-order chi connectivity index (χ1) is 6.21. The zero-order chi connectivity index (χ0) is 9.31. The Hall–Kier alpha value is -0.940. The van der Waals surface area contributed by atoms with E-state index in [-0.39, 0.29) is 0 Å². The lowest BCUT2D eigenvalue weighted by Crippen LogP contribution is -2.45. The van der Waals surface area contributed by atoms with Crippen molar-refractivity contribution in [1.82, 2.24) is 15.5 Å². The number of rotatable bonds is 1. The van der Waals surface area contributed by atoms with Crippen molar-refractivity contribution in [1.29, 1.82) is 0 Å². The number of aromatic nitrogens is 2. The molecule has 2 heterocycles. The molecule has 0 aromatic carbocycles. The zero-order valence-electron chi connectivity index (χ0n) is 7.83. The van der Waals surface area contributed by atoms with E-state index in [0.717, 1.165) is 6.54 Å². The van der Waals surface area contributed by atoms with E-state index in [1.165, 1.54) is 0 Å². The molecule has 0 saturated carbocycles. The molecule has 0 aliphatic carbocycles. The van der Waals surface area contributed by atoms with E-state index in [1.807, 2.05) is 6.92 Å². The standard InChI is InChI=1S/C8H13N3O2/c1-6-10-7(13-11-6)8(2)5-9-3-4-12-8/h9H,3-5H2,1-2H3/t8-/m0/s1. The summed E-state index contributed by atoms with van der Waals surface area (Å²) in [5.74, 6) is 1.20. The molecule has 0 spiro atoms. The molecule has 1 aromatic heterocycles. The molecule has 0 unspecified atom stereocenters. The van der Waals surface area contributed by atoms with Crippen molar-refractivity contribution in [2.45, 2.75) is 19.4 Å². The summed E-state index contributed by atoms with van der Waals surface area (Å²) in [7, 11) is 0. The van der Waals surface area contributed by atoms with Gasteiger partial charge in [-0.05, 0) is 13.8 Å². The van der Waals surface area contributed by atoms with Gasteiger partial charge in [0.25, 0.3) is 5.89 Å². The van der Waals surface area contributed by atoms with Crippen molar-refractivity contribution in [2.75, 3.05) is 19.7 Å². The second-order valence-corrected chi connectivity index (χ2v) is 3.40. The molecular formula is C8H13N3O2. The second-order valence-electron chi connectivity index (χ2n) is 3.40. The summed E-state index contributed by atoms with van der Waals surface area (Å²) < 4.78 is 10.7. The summed E-state index contributed by atoms with van der Waals surface area (Å²) >= 11 is 0. The Kier molecular flexibility index (Phi) is 2.05. The molecule has 2 rings (SSSR count). The molecule has 1 saturated heterocycles. The average molecular weight is 183 g/mol. The van der Waals surface area contributed by atoms with E-state index >= 15 is 0 Å². The van der Waals surface area contributed by atoms with Crippen LogP contribution in [0.1, 0.15) is 18.6 Å². The SMILES string of the molecule is Cc1noc([C@]2(C)CNCCO2)n1. The van der Waals surface area contributed by atoms with Crippen molar-refractivity contribution in [3.63, 3.8) is 0 Å². The monoisotopic (exact) mass is 183 g/mol. The summed E-state index contributed by atoms with van der Waals surface area (Å²) in [6, 6.07) is 0. The highest BCUT2D eigenvalue weighted by molar-refractivity contribution is 4.99. The third kappa shape index (κ3) is 1.57. The molecule has 1 aliphatic heterocycles. The van der Waals surface area contributed by atoms with Crippen molar-refractivity contribution in [2.24, 2.45) is 0 Å². The topological polar surface area (TPSA) is 60.2 Å². The van der Waals surface area contributed by atoms with Gasteiger partial charge < -0.3 is 14.6 Å². The molecule has 0 amide bonds. The Morgan fingerprint density at radius 3 is 2.92 bits per heavy atom. The summed E-state index contributed by atoms with van der Waals surface area (Å²) in [5, 5.41) is 6.97. The maximum Gasteiger partial charge on any atom is 0.259 e. The van der Waals surface area contributed by atoms with Crippen LogP contribution < -0.4 is 5.32 Å². The summed E-state index contributed by atoms with van der Waals surface area (Å²) in [6.07, 6.45) is 0.